The van der Waals surface area contributed by atoms with E-state index in [4.69, 9.17) is 9.47 Å². The number of nitro benzene ring substituents is 1. The summed E-state index contributed by atoms with van der Waals surface area (Å²) in [5.41, 5.74) is 0.477. The minimum Gasteiger partial charge on any atom is -0.484 e. The van der Waals surface area contributed by atoms with Crippen LogP contribution in [0.5, 0.6) is 5.75 Å². The fourth-order valence-corrected chi connectivity index (χ4v) is 4.29. The lowest BCUT2D eigenvalue weighted by Gasteiger charge is -2.47. The highest BCUT2D eigenvalue weighted by atomic mass is 32.2. The molecule has 2 unspecified atom stereocenters. The summed E-state index contributed by atoms with van der Waals surface area (Å²) in [6.45, 7) is -0.379. The normalized spacial score (nSPS) is 19.0. The van der Waals surface area contributed by atoms with Crippen molar-refractivity contribution in [2.45, 2.75) is 18.0 Å². The van der Waals surface area contributed by atoms with Gasteiger partial charge < -0.3 is 14.8 Å². The van der Waals surface area contributed by atoms with Crippen molar-refractivity contribution in [1.29, 1.82) is 0 Å². The Hall–Kier alpha value is -3.93. The quantitative estimate of drug-likeness (QED) is 0.265. The molecule has 1 N–H and O–H groups in total. The number of rotatable bonds is 8. The number of thioether (sulfide) groups is 1. The van der Waals surface area contributed by atoms with Crippen molar-refractivity contribution in [2.24, 2.45) is 4.99 Å². The molecule has 2 aromatic rings. The number of amidine groups is 1. The standard InChI is InChI=1S/C21H18N4O7S/c26-16(11-31-15-4-2-1-3-5-15)23-17-19(27)24-18(22-12-33-20(17)24)21(28)32-10-13-6-8-14(9-7-13)25(29)30/h1-9,17,20H,10-12H2,(H,23,26). The molecule has 11 nitrogen and oxygen atoms in total. The Morgan fingerprint density at radius 3 is 2.61 bits per heavy atom. The van der Waals surface area contributed by atoms with Crippen molar-refractivity contribution in [3.63, 3.8) is 0 Å². The first kappa shape index (κ1) is 22.3. The number of nitrogens with zero attached hydrogens (tertiary/aromatic N) is 3. The molecule has 33 heavy (non-hydrogen) atoms. The predicted molar refractivity (Wildman–Crippen MR) is 117 cm³/mol. The molecule has 0 radical (unpaired) electrons. The second kappa shape index (κ2) is 9.69. The third-order valence-electron chi connectivity index (χ3n) is 4.86. The number of benzene rings is 2. The number of fused-ring (bicyclic) bond motifs is 1. The van der Waals surface area contributed by atoms with Crippen LogP contribution in [0.2, 0.25) is 0 Å². The SMILES string of the molecule is O=C(COc1ccccc1)NC1C(=O)N2C(C(=O)OCc3ccc([N+](=O)[O-])cc3)=NCSC12. The Morgan fingerprint density at radius 1 is 1.18 bits per heavy atom. The Labute approximate surface area is 191 Å². The van der Waals surface area contributed by atoms with Gasteiger partial charge in [0.1, 0.15) is 23.8 Å². The second-order valence-electron chi connectivity index (χ2n) is 7.02. The van der Waals surface area contributed by atoms with Crippen LogP contribution in [0.25, 0.3) is 0 Å². The van der Waals surface area contributed by atoms with E-state index in [9.17, 15) is 24.5 Å². The first-order valence-corrected chi connectivity index (χ1v) is 10.9. The van der Waals surface area contributed by atoms with Crippen molar-refractivity contribution in [2.75, 3.05) is 12.5 Å². The van der Waals surface area contributed by atoms with E-state index >= 15 is 0 Å². The lowest BCUT2D eigenvalue weighted by molar-refractivity contribution is -0.384. The van der Waals surface area contributed by atoms with Gasteiger partial charge in [-0.1, -0.05) is 18.2 Å². The van der Waals surface area contributed by atoms with Crippen molar-refractivity contribution < 1.29 is 28.8 Å². The maximum atomic E-state index is 12.6. The van der Waals surface area contributed by atoms with Crippen molar-refractivity contribution in [1.82, 2.24) is 10.2 Å². The maximum absolute atomic E-state index is 12.6. The number of carbonyl (C=O) groups is 3. The van der Waals surface area contributed by atoms with Crippen LogP contribution >= 0.6 is 11.8 Å². The van der Waals surface area contributed by atoms with E-state index in [1.807, 2.05) is 6.07 Å². The lowest BCUT2D eigenvalue weighted by atomic mass is 10.1. The molecule has 2 aromatic carbocycles. The van der Waals surface area contributed by atoms with Gasteiger partial charge in [0.2, 0.25) is 5.84 Å². The summed E-state index contributed by atoms with van der Waals surface area (Å²) >= 11 is 1.31. The molecule has 1 fully saturated rings. The summed E-state index contributed by atoms with van der Waals surface area (Å²) in [4.78, 5) is 52.8. The Morgan fingerprint density at radius 2 is 1.91 bits per heavy atom. The average molecular weight is 470 g/mol. The summed E-state index contributed by atoms with van der Waals surface area (Å²) < 4.78 is 10.6. The van der Waals surface area contributed by atoms with E-state index in [1.165, 1.54) is 40.9 Å². The second-order valence-corrected chi connectivity index (χ2v) is 8.10. The topological polar surface area (TPSA) is 140 Å². The summed E-state index contributed by atoms with van der Waals surface area (Å²) in [5.74, 6) is -1.08. The molecule has 0 aromatic heterocycles. The van der Waals surface area contributed by atoms with Gasteiger partial charge in [-0.25, -0.2) is 4.79 Å². The fraction of sp³-hybridized carbons (Fsp3) is 0.238. The molecule has 2 amide bonds. The number of hydrogen-bond acceptors (Lipinski definition) is 9. The molecule has 0 saturated carbocycles. The van der Waals surface area contributed by atoms with E-state index in [1.54, 1.807) is 24.3 Å². The number of esters is 1. The van der Waals surface area contributed by atoms with Crippen LogP contribution in [0, 0.1) is 10.1 Å². The molecule has 2 atom stereocenters. The van der Waals surface area contributed by atoms with Gasteiger partial charge in [0, 0.05) is 12.1 Å². The van der Waals surface area contributed by atoms with Crippen LogP contribution in [-0.2, 0) is 25.7 Å². The number of ether oxygens (including phenoxy) is 2. The Kier molecular flexibility index (Phi) is 6.54. The number of carbonyl (C=O) groups excluding carboxylic acids is 3. The van der Waals surface area contributed by atoms with Gasteiger partial charge in [-0.15, -0.1) is 11.8 Å². The van der Waals surface area contributed by atoms with Crippen LogP contribution in [0.4, 0.5) is 5.69 Å². The molecule has 4 rings (SSSR count). The predicted octanol–water partition coefficient (Wildman–Crippen LogP) is 1.47. The molecule has 2 aliphatic rings. The Bertz CT molecular complexity index is 1110. The van der Waals surface area contributed by atoms with E-state index in [-0.39, 0.29) is 30.6 Å². The number of aliphatic imine (C=N–C) groups is 1. The average Bonchev–Trinajstić information content (AvgIpc) is 2.84. The van der Waals surface area contributed by atoms with Gasteiger partial charge in [0.25, 0.3) is 17.5 Å². The van der Waals surface area contributed by atoms with Crippen molar-refractivity contribution >= 4 is 41.1 Å². The number of hydrogen-bond donors (Lipinski definition) is 1. The molecule has 170 valence electrons. The van der Waals surface area contributed by atoms with Crippen LogP contribution in [0.1, 0.15) is 5.56 Å². The fourth-order valence-electron chi connectivity index (χ4n) is 3.21. The van der Waals surface area contributed by atoms with Gasteiger partial charge >= 0.3 is 5.97 Å². The third-order valence-corrected chi connectivity index (χ3v) is 5.96. The molecule has 0 spiro atoms. The van der Waals surface area contributed by atoms with Crippen LogP contribution in [0.3, 0.4) is 0 Å². The molecule has 0 aliphatic carbocycles. The van der Waals surface area contributed by atoms with E-state index < -0.39 is 34.1 Å². The lowest BCUT2D eigenvalue weighted by Crippen LogP contribution is -2.73. The summed E-state index contributed by atoms with van der Waals surface area (Å²) in [5, 5.41) is 12.9. The van der Waals surface area contributed by atoms with E-state index in [0.717, 1.165) is 0 Å². The van der Waals surface area contributed by atoms with E-state index in [0.29, 0.717) is 11.3 Å². The van der Waals surface area contributed by atoms with Gasteiger partial charge in [-0.05, 0) is 29.8 Å². The van der Waals surface area contributed by atoms with Gasteiger partial charge in [-0.2, -0.15) is 0 Å². The number of non-ortho nitro benzene ring substituents is 1. The monoisotopic (exact) mass is 470 g/mol. The van der Waals surface area contributed by atoms with Gasteiger partial charge in [-0.3, -0.25) is 29.6 Å². The zero-order valence-corrected chi connectivity index (χ0v) is 17.9. The molecule has 2 heterocycles. The summed E-state index contributed by atoms with van der Waals surface area (Å²) in [6.07, 6.45) is 0. The molecule has 12 heteroatoms. The number of β-lactam (4-membered cyclic amide) rings is 1. The van der Waals surface area contributed by atoms with Gasteiger partial charge in [0.15, 0.2) is 6.61 Å². The van der Waals surface area contributed by atoms with Crippen LogP contribution < -0.4 is 10.1 Å². The highest BCUT2D eigenvalue weighted by Crippen LogP contribution is 2.34. The van der Waals surface area contributed by atoms with Crippen LogP contribution in [0.15, 0.2) is 59.6 Å². The Balaban J connectivity index is 1.29. The third kappa shape index (κ3) is 4.95. The summed E-state index contributed by atoms with van der Waals surface area (Å²) in [7, 11) is 0. The minimum absolute atomic E-state index is 0.0740. The zero-order valence-electron chi connectivity index (χ0n) is 17.1. The molecule has 1 saturated heterocycles. The van der Waals surface area contributed by atoms with E-state index in [2.05, 4.69) is 10.3 Å². The minimum atomic E-state index is -0.796. The zero-order chi connectivity index (χ0) is 23.4. The molecule has 0 bridgehead atoms. The van der Waals surface area contributed by atoms with Crippen molar-refractivity contribution in [3.8, 4) is 5.75 Å². The summed E-state index contributed by atoms with van der Waals surface area (Å²) in [6, 6.07) is 13.6. The smallest absolute Gasteiger partial charge is 0.374 e. The first-order chi connectivity index (χ1) is 15.9. The van der Waals surface area contributed by atoms with Crippen LogP contribution in [-0.4, -0.2) is 57.3 Å². The highest BCUT2D eigenvalue weighted by molar-refractivity contribution is 8.00. The van der Waals surface area contributed by atoms with Gasteiger partial charge in [0.05, 0.1) is 10.8 Å². The molecular weight excluding hydrogens is 452 g/mol. The number of nitro groups is 1. The number of nitrogens with one attached hydrogen (secondary N) is 1. The highest BCUT2D eigenvalue weighted by Gasteiger charge is 2.54. The largest absolute Gasteiger partial charge is 0.484 e. The molecular formula is C21H18N4O7S. The number of para-hydroxylation sites is 1. The molecule has 2 aliphatic heterocycles. The number of amides is 2. The first-order valence-electron chi connectivity index (χ1n) is 9.81. The maximum Gasteiger partial charge on any atom is 0.374 e. The van der Waals surface area contributed by atoms with Crippen molar-refractivity contribution in [3.05, 3.63) is 70.3 Å².